The molecule has 1 aliphatic heterocycles. The van der Waals surface area contributed by atoms with Gasteiger partial charge in [-0.1, -0.05) is 0 Å². The molecule has 2 aromatic carbocycles. The summed E-state index contributed by atoms with van der Waals surface area (Å²) in [7, 11) is 0. The average Bonchev–Trinajstić information content (AvgIpc) is 3.27. The molecule has 1 aromatic heterocycles. The van der Waals surface area contributed by atoms with Crippen molar-refractivity contribution in [2.45, 2.75) is 0 Å². The van der Waals surface area contributed by atoms with Crippen LogP contribution in [0.15, 0.2) is 42.7 Å². The van der Waals surface area contributed by atoms with E-state index in [9.17, 15) is 9.59 Å². The smallest absolute Gasteiger partial charge is 0.251 e. The van der Waals surface area contributed by atoms with Gasteiger partial charge in [-0.25, -0.2) is 4.98 Å². The molecule has 0 spiro atoms. The summed E-state index contributed by atoms with van der Waals surface area (Å²) < 4.78 is 10.5. The maximum Gasteiger partial charge on any atom is 0.251 e. The minimum absolute atomic E-state index is 0.145. The lowest BCUT2D eigenvalue weighted by molar-refractivity contribution is -0.115. The van der Waals surface area contributed by atoms with Gasteiger partial charge in [0.05, 0.1) is 23.9 Å². The molecule has 2 heterocycles. The molecule has 25 heavy (non-hydrogen) atoms. The lowest BCUT2D eigenvalue weighted by atomic mass is 10.2. The van der Waals surface area contributed by atoms with Crippen LogP contribution in [0, 0.1) is 0 Å². The minimum atomic E-state index is -0.338. The van der Waals surface area contributed by atoms with Crippen LogP contribution in [0.4, 0.5) is 5.69 Å². The number of hydrogen-bond donors (Lipinski definition) is 3. The number of fused-ring (bicyclic) bond motifs is 2. The van der Waals surface area contributed by atoms with E-state index in [0.717, 1.165) is 11.0 Å². The number of benzene rings is 2. The van der Waals surface area contributed by atoms with Crippen LogP contribution >= 0.6 is 0 Å². The summed E-state index contributed by atoms with van der Waals surface area (Å²) in [4.78, 5) is 31.2. The van der Waals surface area contributed by atoms with Crippen molar-refractivity contribution in [3.63, 3.8) is 0 Å². The van der Waals surface area contributed by atoms with E-state index in [1.165, 1.54) is 0 Å². The summed E-state index contributed by atoms with van der Waals surface area (Å²) in [6, 6.07) is 10.2. The lowest BCUT2D eigenvalue weighted by Crippen LogP contribution is -2.32. The fourth-order valence-corrected chi connectivity index (χ4v) is 2.52. The number of imidazole rings is 1. The van der Waals surface area contributed by atoms with Crippen molar-refractivity contribution in [3.05, 3.63) is 48.3 Å². The van der Waals surface area contributed by atoms with E-state index >= 15 is 0 Å². The number of nitrogens with one attached hydrogen (secondary N) is 3. The van der Waals surface area contributed by atoms with E-state index < -0.39 is 0 Å². The van der Waals surface area contributed by atoms with Crippen LogP contribution in [0.5, 0.6) is 11.5 Å². The Morgan fingerprint density at radius 1 is 1.12 bits per heavy atom. The van der Waals surface area contributed by atoms with E-state index in [1.54, 1.807) is 42.7 Å². The highest BCUT2D eigenvalue weighted by molar-refractivity contribution is 6.01. The van der Waals surface area contributed by atoms with Gasteiger partial charge in [0.2, 0.25) is 12.7 Å². The maximum atomic E-state index is 12.2. The van der Waals surface area contributed by atoms with E-state index in [4.69, 9.17) is 9.47 Å². The molecule has 4 rings (SSSR count). The second-order valence-electron chi connectivity index (χ2n) is 5.43. The number of anilines is 1. The molecule has 0 unspecified atom stereocenters. The molecule has 0 aliphatic carbocycles. The standard InChI is InChI=1S/C17H14N4O4/c22-16(21-11-2-4-14-15(6-11)25-9-24-14)7-18-17(23)10-1-3-12-13(5-10)20-8-19-12/h1-6,8H,7,9H2,(H,18,23)(H,19,20)(H,21,22). The van der Waals surface area contributed by atoms with Crippen LogP contribution in [0.3, 0.4) is 0 Å². The molecule has 0 atom stereocenters. The summed E-state index contributed by atoms with van der Waals surface area (Å²) in [5, 5.41) is 5.29. The number of nitrogens with zero attached hydrogens (tertiary/aromatic N) is 1. The Kier molecular flexibility index (Phi) is 3.70. The Balaban J connectivity index is 1.35. The maximum absolute atomic E-state index is 12.2. The van der Waals surface area contributed by atoms with E-state index in [0.29, 0.717) is 22.7 Å². The van der Waals surface area contributed by atoms with Crippen molar-refractivity contribution in [2.75, 3.05) is 18.7 Å². The van der Waals surface area contributed by atoms with Gasteiger partial charge < -0.3 is 25.1 Å². The number of H-pyrrole nitrogens is 1. The molecule has 8 heteroatoms. The molecule has 2 amide bonds. The number of aromatic nitrogens is 2. The molecular weight excluding hydrogens is 324 g/mol. The Labute approximate surface area is 142 Å². The van der Waals surface area contributed by atoms with Crippen molar-refractivity contribution in [1.82, 2.24) is 15.3 Å². The van der Waals surface area contributed by atoms with Crippen LogP contribution in [0.25, 0.3) is 11.0 Å². The molecule has 0 bridgehead atoms. The fraction of sp³-hybridized carbons (Fsp3) is 0.118. The van der Waals surface area contributed by atoms with Gasteiger partial charge in [0.25, 0.3) is 5.91 Å². The van der Waals surface area contributed by atoms with E-state index in [-0.39, 0.29) is 25.2 Å². The first kappa shape index (κ1) is 15.0. The third-order valence-corrected chi connectivity index (χ3v) is 3.75. The number of amides is 2. The van der Waals surface area contributed by atoms with E-state index in [2.05, 4.69) is 20.6 Å². The van der Waals surface area contributed by atoms with Gasteiger partial charge in [-0.3, -0.25) is 9.59 Å². The molecule has 8 nitrogen and oxygen atoms in total. The first-order chi connectivity index (χ1) is 12.2. The molecule has 3 aromatic rings. The number of rotatable bonds is 4. The number of carbonyl (C=O) groups is 2. The monoisotopic (exact) mass is 338 g/mol. The minimum Gasteiger partial charge on any atom is -0.454 e. The highest BCUT2D eigenvalue weighted by Crippen LogP contribution is 2.34. The third kappa shape index (κ3) is 3.09. The largest absolute Gasteiger partial charge is 0.454 e. The number of ether oxygens (including phenoxy) is 2. The summed E-state index contributed by atoms with van der Waals surface area (Å²) >= 11 is 0. The lowest BCUT2D eigenvalue weighted by Gasteiger charge is -2.08. The Morgan fingerprint density at radius 3 is 2.92 bits per heavy atom. The van der Waals surface area contributed by atoms with Crippen LogP contribution < -0.4 is 20.1 Å². The Hall–Kier alpha value is -3.55. The molecule has 0 radical (unpaired) electrons. The van der Waals surface area contributed by atoms with Crippen LogP contribution in [0.1, 0.15) is 10.4 Å². The summed E-state index contributed by atoms with van der Waals surface area (Å²) in [6.45, 7) is 0.0255. The van der Waals surface area contributed by atoms with Gasteiger partial charge in [-0.15, -0.1) is 0 Å². The van der Waals surface area contributed by atoms with Crippen molar-refractivity contribution >= 4 is 28.5 Å². The predicted octanol–water partition coefficient (Wildman–Crippen LogP) is 1.66. The quantitative estimate of drug-likeness (QED) is 0.671. The first-order valence-corrected chi connectivity index (χ1v) is 7.60. The summed E-state index contributed by atoms with van der Waals surface area (Å²) in [6.07, 6.45) is 1.56. The number of hydrogen-bond acceptors (Lipinski definition) is 5. The molecule has 0 saturated carbocycles. The van der Waals surface area contributed by atoms with Crippen LogP contribution in [0.2, 0.25) is 0 Å². The molecule has 3 N–H and O–H groups in total. The van der Waals surface area contributed by atoms with Crippen molar-refractivity contribution < 1.29 is 19.1 Å². The second-order valence-corrected chi connectivity index (χ2v) is 5.43. The van der Waals surface area contributed by atoms with Crippen molar-refractivity contribution in [3.8, 4) is 11.5 Å². The molecule has 126 valence electrons. The highest BCUT2D eigenvalue weighted by atomic mass is 16.7. The number of aromatic amines is 1. The summed E-state index contributed by atoms with van der Waals surface area (Å²) in [5.41, 5.74) is 2.56. The van der Waals surface area contributed by atoms with Crippen molar-refractivity contribution in [2.24, 2.45) is 0 Å². The highest BCUT2D eigenvalue weighted by Gasteiger charge is 2.14. The second kappa shape index (κ2) is 6.16. The normalized spacial score (nSPS) is 12.2. The van der Waals surface area contributed by atoms with Crippen LogP contribution in [-0.2, 0) is 4.79 Å². The molecule has 0 fully saturated rings. The van der Waals surface area contributed by atoms with Gasteiger partial charge in [0, 0.05) is 17.3 Å². The zero-order valence-electron chi connectivity index (χ0n) is 13.0. The predicted molar refractivity (Wildman–Crippen MR) is 89.6 cm³/mol. The van der Waals surface area contributed by atoms with Crippen molar-refractivity contribution in [1.29, 1.82) is 0 Å². The van der Waals surface area contributed by atoms with Gasteiger partial charge in [-0.05, 0) is 30.3 Å². The van der Waals surface area contributed by atoms with E-state index in [1.807, 2.05) is 0 Å². The van der Waals surface area contributed by atoms with Gasteiger partial charge in [0.15, 0.2) is 11.5 Å². The van der Waals surface area contributed by atoms with Gasteiger partial charge in [-0.2, -0.15) is 0 Å². The summed E-state index contributed by atoms with van der Waals surface area (Å²) in [5.74, 6) is 0.544. The zero-order valence-corrected chi connectivity index (χ0v) is 13.0. The van der Waals surface area contributed by atoms with Gasteiger partial charge in [0.1, 0.15) is 0 Å². The fourth-order valence-electron chi connectivity index (χ4n) is 2.52. The first-order valence-electron chi connectivity index (χ1n) is 7.60. The molecule has 0 saturated heterocycles. The molecule has 1 aliphatic rings. The third-order valence-electron chi connectivity index (χ3n) is 3.75. The topological polar surface area (TPSA) is 105 Å². The van der Waals surface area contributed by atoms with Crippen LogP contribution in [-0.4, -0.2) is 35.1 Å². The van der Waals surface area contributed by atoms with Gasteiger partial charge >= 0.3 is 0 Å². The molecular formula is C17H14N4O4. The SMILES string of the molecule is O=C(CNC(=O)c1ccc2nc[nH]c2c1)Nc1ccc2c(c1)OCO2. The average molecular weight is 338 g/mol. The zero-order chi connectivity index (χ0) is 17.2. The number of carbonyl (C=O) groups excluding carboxylic acids is 2. The Morgan fingerprint density at radius 2 is 2.00 bits per heavy atom. The Bertz CT molecular complexity index is 966.